The standard InChI is InChI=1S/C25H36N4O2/c1-6-29(22-11-9-21(10-12-22)28(3)4)24-14-19(13-23(17(24)2)25(26)30)18-7-8-20(16-31-5)27-15-18/h7-8,13-15,21-22H,6,9-12,16H2,1-5H3,(H2,26,30). The first-order chi connectivity index (χ1) is 14.8. The monoisotopic (exact) mass is 424 g/mol. The number of amides is 1. The van der Waals surface area contributed by atoms with Gasteiger partial charge >= 0.3 is 0 Å². The smallest absolute Gasteiger partial charge is 0.249 e. The quantitative estimate of drug-likeness (QED) is 0.693. The van der Waals surface area contributed by atoms with Crippen LogP contribution in [0.5, 0.6) is 0 Å². The van der Waals surface area contributed by atoms with Crippen molar-refractivity contribution in [2.24, 2.45) is 5.73 Å². The maximum absolute atomic E-state index is 12.3. The maximum atomic E-state index is 12.3. The highest BCUT2D eigenvalue weighted by Gasteiger charge is 2.28. The molecular weight excluding hydrogens is 388 g/mol. The highest BCUT2D eigenvalue weighted by Crippen LogP contribution is 2.35. The van der Waals surface area contributed by atoms with E-state index in [4.69, 9.17) is 10.5 Å². The Labute approximate surface area is 186 Å². The van der Waals surface area contributed by atoms with Gasteiger partial charge in [-0.1, -0.05) is 6.07 Å². The second-order valence-corrected chi connectivity index (χ2v) is 8.72. The first-order valence-electron chi connectivity index (χ1n) is 11.2. The van der Waals surface area contributed by atoms with Crippen LogP contribution < -0.4 is 10.6 Å². The predicted octanol–water partition coefficient (Wildman–Crippen LogP) is 4.00. The number of carbonyl (C=O) groups is 1. The van der Waals surface area contributed by atoms with Gasteiger partial charge in [-0.3, -0.25) is 9.78 Å². The van der Waals surface area contributed by atoms with Gasteiger partial charge in [-0.05, 0) is 83.0 Å². The molecule has 31 heavy (non-hydrogen) atoms. The average Bonchev–Trinajstić information content (AvgIpc) is 2.76. The SMILES string of the molecule is CCN(c1cc(-c2ccc(COC)nc2)cc(C(N)=O)c1C)C1CCC(N(C)C)CC1. The van der Waals surface area contributed by atoms with Gasteiger partial charge in [0.1, 0.15) is 0 Å². The van der Waals surface area contributed by atoms with Crippen molar-refractivity contribution in [1.29, 1.82) is 0 Å². The third kappa shape index (κ3) is 5.25. The summed E-state index contributed by atoms with van der Waals surface area (Å²) in [6.45, 7) is 5.57. The van der Waals surface area contributed by atoms with Crippen molar-refractivity contribution in [2.75, 3.05) is 32.6 Å². The highest BCUT2D eigenvalue weighted by molar-refractivity contribution is 5.97. The van der Waals surface area contributed by atoms with E-state index in [0.717, 1.165) is 47.5 Å². The summed E-state index contributed by atoms with van der Waals surface area (Å²) in [7, 11) is 5.99. The number of carbonyl (C=O) groups excluding carboxylic acids is 1. The van der Waals surface area contributed by atoms with Gasteiger partial charge in [-0.25, -0.2) is 0 Å². The molecule has 3 rings (SSSR count). The molecule has 168 valence electrons. The number of hydrogen-bond donors (Lipinski definition) is 1. The molecule has 0 saturated heterocycles. The van der Waals surface area contributed by atoms with E-state index in [1.807, 2.05) is 31.3 Å². The zero-order valence-corrected chi connectivity index (χ0v) is 19.5. The van der Waals surface area contributed by atoms with E-state index in [2.05, 4.69) is 41.9 Å². The van der Waals surface area contributed by atoms with Gasteiger partial charge in [0.25, 0.3) is 0 Å². The lowest BCUT2D eigenvalue weighted by molar-refractivity contribution is 0.0999. The molecule has 0 bridgehead atoms. The summed E-state index contributed by atoms with van der Waals surface area (Å²) < 4.78 is 5.16. The Kier molecular flexibility index (Phi) is 7.68. The zero-order valence-electron chi connectivity index (χ0n) is 19.5. The van der Waals surface area contributed by atoms with Gasteiger partial charge < -0.3 is 20.3 Å². The number of ether oxygens (including phenoxy) is 1. The largest absolute Gasteiger partial charge is 0.378 e. The van der Waals surface area contributed by atoms with E-state index in [-0.39, 0.29) is 0 Å². The van der Waals surface area contributed by atoms with E-state index >= 15 is 0 Å². The molecule has 6 nitrogen and oxygen atoms in total. The molecule has 2 aromatic rings. The number of pyridine rings is 1. The van der Waals surface area contributed by atoms with Crippen molar-refractivity contribution in [2.45, 2.75) is 58.2 Å². The van der Waals surface area contributed by atoms with Crippen molar-refractivity contribution in [3.05, 3.63) is 47.3 Å². The molecule has 1 heterocycles. The van der Waals surface area contributed by atoms with Crippen LogP contribution in [0.3, 0.4) is 0 Å². The Hall–Kier alpha value is -2.44. The summed E-state index contributed by atoms with van der Waals surface area (Å²) in [5, 5.41) is 0. The van der Waals surface area contributed by atoms with Gasteiger partial charge in [0.15, 0.2) is 0 Å². The molecule has 2 N–H and O–H groups in total. The van der Waals surface area contributed by atoms with Crippen LogP contribution >= 0.6 is 0 Å². The molecule has 1 aliphatic rings. The summed E-state index contributed by atoms with van der Waals surface area (Å²) in [5.74, 6) is -0.392. The van der Waals surface area contributed by atoms with Crippen LogP contribution in [-0.2, 0) is 11.3 Å². The maximum Gasteiger partial charge on any atom is 0.249 e. The minimum absolute atomic E-state index is 0.392. The first-order valence-corrected chi connectivity index (χ1v) is 11.2. The number of hydrogen-bond acceptors (Lipinski definition) is 5. The fourth-order valence-corrected chi connectivity index (χ4v) is 4.76. The molecule has 1 amide bonds. The molecule has 1 saturated carbocycles. The lowest BCUT2D eigenvalue weighted by atomic mass is 9.88. The summed E-state index contributed by atoms with van der Waals surface area (Å²) in [6.07, 6.45) is 6.53. The van der Waals surface area contributed by atoms with Gasteiger partial charge in [0.2, 0.25) is 5.91 Å². The average molecular weight is 425 g/mol. The van der Waals surface area contributed by atoms with Crippen LogP contribution in [0.25, 0.3) is 11.1 Å². The lowest BCUT2D eigenvalue weighted by Crippen LogP contribution is -2.42. The van der Waals surface area contributed by atoms with Crippen molar-refractivity contribution < 1.29 is 9.53 Å². The van der Waals surface area contributed by atoms with Gasteiger partial charge in [-0.15, -0.1) is 0 Å². The third-order valence-corrected chi connectivity index (χ3v) is 6.58. The van der Waals surface area contributed by atoms with Crippen molar-refractivity contribution in [1.82, 2.24) is 9.88 Å². The normalized spacial score (nSPS) is 18.9. The molecule has 1 aromatic heterocycles. The molecule has 1 fully saturated rings. The molecule has 0 spiro atoms. The number of primary amides is 1. The van der Waals surface area contributed by atoms with Gasteiger partial charge in [-0.2, -0.15) is 0 Å². The molecule has 0 aliphatic heterocycles. The van der Waals surface area contributed by atoms with E-state index < -0.39 is 5.91 Å². The molecule has 1 aliphatic carbocycles. The first kappa shape index (κ1) is 23.2. The van der Waals surface area contributed by atoms with Crippen LogP contribution in [0.15, 0.2) is 30.5 Å². The number of nitrogens with two attached hydrogens (primary N) is 1. The van der Waals surface area contributed by atoms with E-state index in [1.54, 1.807) is 7.11 Å². The van der Waals surface area contributed by atoms with Crippen molar-refractivity contribution >= 4 is 11.6 Å². The van der Waals surface area contributed by atoms with Crippen molar-refractivity contribution in [3.63, 3.8) is 0 Å². The predicted molar refractivity (Wildman–Crippen MR) is 126 cm³/mol. The molecule has 0 atom stereocenters. The zero-order chi connectivity index (χ0) is 22.5. The van der Waals surface area contributed by atoms with Gasteiger partial charge in [0.05, 0.1) is 12.3 Å². The number of aromatic nitrogens is 1. The summed E-state index contributed by atoms with van der Waals surface area (Å²) in [6, 6.07) is 9.20. The molecule has 0 unspecified atom stereocenters. The van der Waals surface area contributed by atoms with Crippen LogP contribution in [0, 0.1) is 6.92 Å². The molecular formula is C25H36N4O2. The number of rotatable bonds is 8. The minimum Gasteiger partial charge on any atom is -0.378 e. The summed E-state index contributed by atoms with van der Waals surface area (Å²) in [5.41, 5.74) is 11.2. The molecule has 0 radical (unpaired) electrons. The topological polar surface area (TPSA) is 71.7 Å². The molecule has 1 aromatic carbocycles. The number of benzene rings is 1. The number of nitrogens with zero attached hydrogens (tertiary/aromatic N) is 3. The third-order valence-electron chi connectivity index (χ3n) is 6.58. The van der Waals surface area contributed by atoms with Crippen LogP contribution in [0.2, 0.25) is 0 Å². The Bertz CT molecular complexity index is 887. The summed E-state index contributed by atoms with van der Waals surface area (Å²) in [4.78, 5) is 21.6. The Morgan fingerprint density at radius 3 is 2.32 bits per heavy atom. The van der Waals surface area contributed by atoms with Crippen molar-refractivity contribution in [3.8, 4) is 11.1 Å². The van der Waals surface area contributed by atoms with E-state index in [9.17, 15) is 4.79 Å². The second-order valence-electron chi connectivity index (χ2n) is 8.72. The van der Waals surface area contributed by atoms with E-state index in [0.29, 0.717) is 24.3 Å². The number of methoxy groups -OCH3 is 1. The fraction of sp³-hybridized carbons (Fsp3) is 0.520. The van der Waals surface area contributed by atoms with Gasteiger partial charge in [0, 0.05) is 48.7 Å². The lowest BCUT2D eigenvalue weighted by Gasteiger charge is -2.40. The molecule has 6 heteroatoms. The van der Waals surface area contributed by atoms with Crippen LogP contribution in [-0.4, -0.2) is 55.6 Å². The second kappa shape index (κ2) is 10.2. The van der Waals surface area contributed by atoms with Crippen LogP contribution in [0.4, 0.5) is 5.69 Å². The Balaban J connectivity index is 1.97. The fourth-order valence-electron chi connectivity index (χ4n) is 4.76. The summed E-state index contributed by atoms with van der Waals surface area (Å²) >= 11 is 0. The Morgan fingerprint density at radius 1 is 1.13 bits per heavy atom. The van der Waals surface area contributed by atoms with Crippen LogP contribution in [0.1, 0.15) is 54.2 Å². The minimum atomic E-state index is -0.392. The van der Waals surface area contributed by atoms with E-state index in [1.165, 1.54) is 12.8 Å². The number of anilines is 1. The Morgan fingerprint density at radius 2 is 1.81 bits per heavy atom. The highest BCUT2D eigenvalue weighted by atomic mass is 16.5.